The Bertz CT molecular complexity index is 228. The van der Waals surface area contributed by atoms with Crippen LogP contribution < -0.4 is 0 Å². The molecule has 1 aliphatic rings. The van der Waals surface area contributed by atoms with Crippen LogP contribution in [0.1, 0.15) is 19.8 Å². The van der Waals surface area contributed by atoms with E-state index < -0.39 is 0 Å². The molecule has 1 fully saturated rings. The van der Waals surface area contributed by atoms with Crippen LogP contribution in [0.3, 0.4) is 0 Å². The Kier molecular flexibility index (Phi) is 3.90. The van der Waals surface area contributed by atoms with Crippen molar-refractivity contribution in [1.82, 2.24) is 4.90 Å². The summed E-state index contributed by atoms with van der Waals surface area (Å²) in [6, 6.07) is 0.634. The molecule has 2 heteroatoms. The molecule has 0 aliphatic carbocycles. The zero-order chi connectivity index (χ0) is 9.68. The van der Waals surface area contributed by atoms with Crippen LogP contribution in [0.25, 0.3) is 0 Å². The molecule has 0 aromatic carbocycles. The lowest BCUT2D eigenvalue weighted by Crippen LogP contribution is -2.25. The van der Waals surface area contributed by atoms with Crippen molar-refractivity contribution in [2.45, 2.75) is 25.8 Å². The fourth-order valence-electron chi connectivity index (χ4n) is 1.85. The molecule has 0 radical (unpaired) electrons. The van der Waals surface area contributed by atoms with Gasteiger partial charge in [0, 0.05) is 12.2 Å². The number of likely N-dealkylation sites (N-methyl/N-ethyl adjacent to an activating group) is 1. The Morgan fingerprint density at radius 1 is 1.62 bits per heavy atom. The van der Waals surface area contributed by atoms with Crippen LogP contribution in [0.5, 0.6) is 0 Å². The minimum Gasteiger partial charge on any atom is -0.300 e. The van der Waals surface area contributed by atoms with E-state index in [-0.39, 0.29) is 0 Å². The van der Waals surface area contributed by atoms with Crippen LogP contribution in [0.4, 0.5) is 0 Å². The fraction of sp³-hybridized carbons (Fsp3) is 0.545. The summed E-state index contributed by atoms with van der Waals surface area (Å²) in [6.07, 6.45) is 8.40. The van der Waals surface area contributed by atoms with Crippen molar-refractivity contribution in [2.75, 3.05) is 13.6 Å². The Hall–Kier alpha value is -0.890. The topological polar surface area (TPSA) is 15.6 Å². The second-order valence-corrected chi connectivity index (χ2v) is 3.57. The monoisotopic (exact) mass is 178 g/mol. The summed E-state index contributed by atoms with van der Waals surface area (Å²) in [5, 5.41) is 0. The zero-order valence-corrected chi connectivity index (χ0v) is 8.53. The minimum atomic E-state index is 0.634. The van der Waals surface area contributed by atoms with Gasteiger partial charge < -0.3 is 0 Å². The molecule has 1 aliphatic heterocycles. The first-order chi connectivity index (χ1) is 6.25. The Morgan fingerprint density at radius 3 is 2.92 bits per heavy atom. The molecule has 0 unspecified atom stereocenters. The van der Waals surface area contributed by atoms with Gasteiger partial charge in [0.15, 0.2) is 0 Å². The van der Waals surface area contributed by atoms with Gasteiger partial charge in [0.2, 0.25) is 0 Å². The van der Waals surface area contributed by atoms with Gasteiger partial charge >= 0.3 is 0 Å². The molecule has 0 saturated carbocycles. The summed E-state index contributed by atoms with van der Waals surface area (Å²) in [5.74, 6) is 0. The number of aliphatic imine (C=N–C) groups is 1. The molecule has 13 heavy (non-hydrogen) atoms. The molecule has 1 rings (SSSR count). The van der Waals surface area contributed by atoms with E-state index in [1.165, 1.54) is 25.0 Å². The zero-order valence-electron chi connectivity index (χ0n) is 8.53. The highest BCUT2D eigenvalue weighted by molar-refractivity contribution is 5.26. The van der Waals surface area contributed by atoms with Gasteiger partial charge in [-0.05, 0) is 46.2 Å². The molecule has 2 nitrogen and oxygen atoms in total. The van der Waals surface area contributed by atoms with Gasteiger partial charge in [-0.2, -0.15) is 0 Å². The highest BCUT2D eigenvalue weighted by Crippen LogP contribution is 2.21. The number of nitrogens with zero attached hydrogens (tertiary/aromatic N) is 2. The van der Waals surface area contributed by atoms with Crippen molar-refractivity contribution in [3.05, 3.63) is 23.9 Å². The standard InChI is InChI=1S/C11H18N2/c1-10(6-4-8-12-2)11-7-5-9-13(11)3/h4,6,8,11H,2,5,7,9H2,1,3H3/b8-4-,10-6+/t11-/m1/s1. The van der Waals surface area contributed by atoms with E-state index in [0.29, 0.717) is 6.04 Å². The summed E-state index contributed by atoms with van der Waals surface area (Å²) in [7, 11) is 2.18. The largest absolute Gasteiger partial charge is 0.300 e. The van der Waals surface area contributed by atoms with Crippen molar-refractivity contribution >= 4 is 6.72 Å². The lowest BCUT2D eigenvalue weighted by molar-refractivity contribution is 0.345. The first kappa shape index (κ1) is 10.2. The van der Waals surface area contributed by atoms with Crippen molar-refractivity contribution < 1.29 is 0 Å². The maximum Gasteiger partial charge on any atom is 0.0305 e. The molecular weight excluding hydrogens is 160 g/mol. The van der Waals surface area contributed by atoms with Gasteiger partial charge in [-0.3, -0.25) is 9.89 Å². The lowest BCUT2D eigenvalue weighted by atomic mass is 10.1. The molecule has 1 saturated heterocycles. The molecule has 0 N–H and O–H groups in total. The number of hydrogen-bond acceptors (Lipinski definition) is 2. The van der Waals surface area contributed by atoms with E-state index in [1.54, 1.807) is 6.20 Å². The normalized spacial score (nSPS) is 25.7. The number of allylic oxidation sites excluding steroid dienone is 2. The molecule has 0 spiro atoms. The molecular formula is C11H18N2. The molecule has 72 valence electrons. The van der Waals surface area contributed by atoms with Gasteiger partial charge in [-0.15, -0.1) is 0 Å². The molecule has 0 bridgehead atoms. The second kappa shape index (κ2) is 4.97. The van der Waals surface area contributed by atoms with Crippen molar-refractivity contribution in [1.29, 1.82) is 0 Å². The van der Waals surface area contributed by atoms with Crippen molar-refractivity contribution in [2.24, 2.45) is 4.99 Å². The number of rotatable bonds is 3. The van der Waals surface area contributed by atoms with E-state index in [2.05, 4.69) is 36.7 Å². The Morgan fingerprint density at radius 2 is 2.38 bits per heavy atom. The third kappa shape index (κ3) is 2.81. The van der Waals surface area contributed by atoms with Gasteiger partial charge in [-0.1, -0.05) is 11.6 Å². The third-order valence-electron chi connectivity index (χ3n) is 2.60. The summed E-state index contributed by atoms with van der Waals surface area (Å²) < 4.78 is 0. The van der Waals surface area contributed by atoms with Crippen molar-refractivity contribution in [3.8, 4) is 0 Å². The van der Waals surface area contributed by atoms with Crippen LogP contribution in [0.2, 0.25) is 0 Å². The average Bonchev–Trinajstić information content (AvgIpc) is 2.52. The molecule has 0 aromatic rings. The van der Waals surface area contributed by atoms with Gasteiger partial charge in [0.05, 0.1) is 0 Å². The highest BCUT2D eigenvalue weighted by Gasteiger charge is 2.21. The second-order valence-electron chi connectivity index (χ2n) is 3.57. The molecule has 0 amide bonds. The molecule has 1 atom stereocenters. The molecule has 0 aromatic heterocycles. The fourth-order valence-corrected chi connectivity index (χ4v) is 1.85. The quantitative estimate of drug-likeness (QED) is 0.478. The SMILES string of the molecule is C=N/C=C\C=C(/C)[C@H]1CCCN1C. The smallest absolute Gasteiger partial charge is 0.0305 e. The maximum atomic E-state index is 3.66. The van der Waals surface area contributed by atoms with E-state index in [1.807, 2.05) is 6.08 Å². The van der Waals surface area contributed by atoms with E-state index >= 15 is 0 Å². The highest BCUT2D eigenvalue weighted by atomic mass is 15.1. The van der Waals surface area contributed by atoms with Crippen LogP contribution in [0, 0.1) is 0 Å². The van der Waals surface area contributed by atoms with Crippen molar-refractivity contribution in [3.63, 3.8) is 0 Å². The first-order valence-corrected chi connectivity index (χ1v) is 4.75. The lowest BCUT2D eigenvalue weighted by Gasteiger charge is -2.19. The van der Waals surface area contributed by atoms with Crippen LogP contribution in [-0.4, -0.2) is 31.3 Å². The summed E-state index contributed by atoms with van der Waals surface area (Å²) in [4.78, 5) is 6.07. The summed E-state index contributed by atoms with van der Waals surface area (Å²) >= 11 is 0. The summed E-state index contributed by atoms with van der Waals surface area (Å²) in [5.41, 5.74) is 1.42. The Labute approximate surface area is 80.7 Å². The van der Waals surface area contributed by atoms with E-state index in [9.17, 15) is 0 Å². The number of likely N-dealkylation sites (tertiary alicyclic amines) is 1. The average molecular weight is 178 g/mol. The van der Waals surface area contributed by atoms with Crippen LogP contribution >= 0.6 is 0 Å². The predicted molar refractivity (Wildman–Crippen MR) is 58.1 cm³/mol. The minimum absolute atomic E-state index is 0.634. The van der Waals surface area contributed by atoms with Gasteiger partial charge in [-0.25, -0.2) is 0 Å². The van der Waals surface area contributed by atoms with Crippen LogP contribution in [0.15, 0.2) is 28.9 Å². The molecule has 1 heterocycles. The Balaban J connectivity index is 2.54. The van der Waals surface area contributed by atoms with E-state index in [0.717, 1.165) is 0 Å². The number of hydrogen-bond donors (Lipinski definition) is 0. The first-order valence-electron chi connectivity index (χ1n) is 4.75. The predicted octanol–water partition coefficient (Wildman–Crippen LogP) is 2.24. The summed E-state index contributed by atoms with van der Waals surface area (Å²) in [6.45, 7) is 6.80. The van der Waals surface area contributed by atoms with E-state index in [4.69, 9.17) is 0 Å². The third-order valence-corrected chi connectivity index (χ3v) is 2.60. The van der Waals surface area contributed by atoms with Crippen LogP contribution in [-0.2, 0) is 0 Å². The van der Waals surface area contributed by atoms with Gasteiger partial charge in [0.25, 0.3) is 0 Å². The maximum absolute atomic E-state index is 3.66. The van der Waals surface area contributed by atoms with Gasteiger partial charge in [0.1, 0.15) is 0 Å².